The first-order chi connectivity index (χ1) is 12.5. The molecule has 0 unspecified atom stereocenters. The number of alkyl halides is 3. The summed E-state index contributed by atoms with van der Waals surface area (Å²) in [6.45, 7) is 7.86. The van der Waals surface area contributed by atoms with Crippen LogP contribution in [0.1, 0.15) is 50.4 Å². The molecule has 0 saturated carbocycles. The topological polar surface area (TPSA) is 38.3 Å². The van der Waals surface area contributed by atoms with Crippen molar-refractivity contribution in [2.75, 3.05) is 6.61 Å². The van der Waals surface area contributed by atoms with Gasteiger partial charge in [-0.2, -0.15) is 13.2 Å². The minimum absolute atomic E-state index is 0.00200. The van der Waals surface area contributed by atoms with E-state index in [1.54, 1.807) is 0 Å². The standard InChI is InChI=1S/C21H24F3NO2/c1-14(15-8-10-16(11-9-15)20(2,3)4)25-19(26)13-27-18-7-5-6-17(12-18)21(22,23)24/h5-12,14H,13H2,1-4H3,(H,25,26)/t14-/m1/s1. The minimum Gasteiger partial charge on any atom is -0.484 e. The van der Waals surface area contributed by atoms with E-state index >= 15 is 0 Å². The minimum atomic E-state index is -4.45. The first-order valence-corrected chi connectivity index (χ1v) is 8.66. The number of rotatable bonds is 5. The van der Waals surface area contributed by atoms with Crippen LogP contribution in [-0.2, 0) is 16.4 Å². The van der Waals surface area contributed by atoms with Gasteiger partial charge in [-0.3, -0.25) is 4.79 Å². The van der Waals surface area contributed by atoms with Gasteiger partial charge in [0.1, 0.15) is 5.75 Å². The fourth-order valence-electron chi connectivity index (χ4n) is 2.55. The molecule has 0 aromatic heterocycles. The second-order valence-electron chi connectivity index (χ2n) is 7.48. The Bertz CT molecular complexity index is 777. The number of carbonyl (C=O) groups excluding carboxylic acids is 1. The van der Waals surface area contributed by atoms with Crippen molar-refractivity contribution in [3.8, 4) is 5.75 Å². The molecule has 2 aromatic rings. The van der Waals surface area contributed by atoms with E-state index in [2.05, 4.69) is 26.1 Å². The molecule has 1 atom stereocenters. The van der Waals surface area contributed by atoms with Crippen molar-refractivity contribution in [3.05, 3.63) is 65.2 Å². The second-order valence-corrected chi connectivity index (χ2v) is 7.48. The number of amides is 1. The molecule has 2 aromatic carbocycles. The van der Waals surface area contributed by atoms with Gasteiger partial charge in [-0.1, -0.05) is 51.1 Å². The Kier molecular flexibility index (Phi) is 6.19. The fraction of sp³-hybridized carbons (Fsp3) is 0.381. The quantitative estimate of drug-likeness (QED) is 0.770. The third-order valence-corrected chi connectivity index (χ3v) is 4.19. The fourth-order valence-corrected chi connectivity index (χ4v) is 2.55. The maximum absolute atomic E-state index is 12.7. The van der Waals surface area contributed by atoms with E-state index in [1.165, 1.54) is 17.7 Å². The Morgan fingerprint density at radius 3 is 2.22 bits per heavy atom. The highest BCUT2D eigenvalue weighted by Gasteiger charge is 2.30. The summed E-state index contributed by atoms with van der Waals surface area (Å²) in [5, 5.41) is 2.78. The normalized spacial score (nSPS) is 13.1. The van der Waals surface area contributed by atoms with Gasteiger partial charge in [0.25, 0.3) is 5.91 Å². The number of ether oxygens (including phenoxy) is 1. The van der Waals surface area contributed by atoms with Crippen LogP contribution in [0.5, 0.6) is 5.75 Å². The van der Waals surface area contributed by atoms with Crippen LogP contribution in [0.3, 0.4) is 0 Å². The first kappa shape index (κ1) is 20.8. The van der Waals surface area contributed by atoms with Gasteiger partial charge < -0.3 is 10.1 Å². The number of hydrogen-bond acceptors (Lipinski definition) is 2. The van der Waals surface area contributed by atoms with E-state index in [4.69, 9.17) is 4.74 Å². The van der Waals surface area contributed by atoms with Crippen molar-refractivity contribution in [2.45, 2.75) is 45.3 Å². The zero-order valence-electron chi connectivity index (χ0n) is 15.9. The van der Waals surface area contributed by atoms with Gasteiger partial charge in [-0.15, -0.1) is 0 Å². The third-order valence-electron chi connectivity index (χ3n) is 4.19. The Morgan fingerprint density at radius 2 is 1.67 bits per heavy atom. The molecule has 0 heterocycles. The summed E-state index contributed by atoms with van der Waals surface area (Å²) in [7, 11) is 0. The Hall–Kier alpha value is -2.50. The number of carbonyl (C=O) groups is 1. The summed E-state index contributed by atoms with van der Waals surface area (Å²) in [6.07, 6.45) is -4.45. The molecule has 0 aliphatic carbocycles. The zero-order chi connectivity index (χ0) is 20.2. The van der Waals surface area contributed by atoms with Crippen LogP contribution in [0.15, 0.2) is 48.5 Å². The summed E-state index contributed by atoms with van der Waals surface area (Å²) >= 11 is 0. The van der Waals surface area contributed by atoms with Crippen molar-refractivity contribution < 1.29 is 22.7 Å². The molecule has 3 nitrogen and oxygen atoms in total. The maximum Gasteiger partial charge on any atom is 0.416 e. The summed E-state index contributed by atoms with van der Waals surface area (Å²) < 4.78 is 43.3. The molecular formula is C21H24F3NO2. The SMILES string of the molecule is C[C@@H](NC(=O)COc1cccc(C(F)(F)F)c1)c1ccc(C(C)(C)C)cc1. The number of nitrogens with one attached hydrogen (secondary N) is 1. The van der Waals surface area contributed by atoms with E-state index in [0.29, 0.717) is 0 Å². The van der Waals surface area contributed by atoms with Crippen molar-refractivity contribution in [3.63, 3.8) is 0 Å². The van der Waals surface area contributed by atoms with Crippen molar-refractivity contribution in [1.82, 2.24) is 5.32 Å². The van der Waals surface area contributed by atoms with E-state index in [-0.39, 0.29) is 23.8 Å². The van der Waals surface area contributed by atoms with Gasteiger partial charge >= 0.3 is 6.18 Å². The van der Waals surface area contributed by atoms with Gasteiger partial charge in [0, 0.05) is 0 Å². The second kappa shape index (κ2) is 8.03. The van der Waals surface area contributed by atoms with Crippen LogP contribution in [-0.4, -0.2) is 12.5 Å². The largest absolute Gasteiger partial charge is 0.484 e. The van der Waals surface area contributed by atoms with Crippen LogP contribution in [0, 0.1) is 0 Å². The molecule has 2 rings (SSSR count). The summed E-state index contributed by atoms with van der Waals surface area (Å²) in [5.41, 5.74) is 1.37. The molecule has 1 amide bonds. The molecule has 1 N–H and O–H groups in total. The van der Waals surface area contributed by atoms with Crippen molar-refractivity contribution in [1.29, 1.82) is 0 Å². The van der Waals surface area contributed by atoms with Gasteiger partial charge in [-0.05, 0) is 41.7 Å². The highest BCUT2D eigenvalue weighted by Crippen LogP contribution is 2.31. The van der Waals surface area contributed by atoms with E-state index in [9.17, 15) is 18.0 Å². The molecule has 6 heteroatoms. The van der Waals surface area contributed by atoms with Gasteiger partial charge in [0.05, 0.1) is 11.6 Å². The van der Waals surface area contributed by atoms with E-state index < -0.39 is 17.6 Å². The Balaban J connectivity index is 1.92. The predicted molar refractivity (Wildman–Crippen MR) is 98.6 cm³/mol. The van der Waals surface area contributed by atoms with E-state index in [0.717, 1.165) is 17.7 Å². The lowest BCUT2D eigenvalue weighted by atomic mass is 9.86. The highest BCUT2D eigenvalue weighted by atomic mass is 19.4. The van der Waals surface area contributed by atoms with E-state index in [1.807, 2.05) is 31.2 Å². The van der Waals surface area contributed by atoms with Gasteiger partial charge in [0.15, 0.2) is 6.61 Å². The monoisotopic (exact) mass is 379 g/mol. The van der Waals surface area contributed by atoms with Crippen molar-refractivity contribution >= 4 is 5.91 Å². The highest BCUT2D eigenvalue weighted by molar-refractivity contribution is 5.78. The molecule has 146 valence electrons. The Morgan fingerprint density at radius 1 is 1.04 bits per heavy atom. The lowest BCUT2D eigenvalue weighted by Crippen LogP contribution is -2.31. The smallest absolute Gasteiger partial charge is 0.416 e. The molecule has 0 radical (unpaired) electrons. The average molecular weight is 379 g/mol. The van der Waals surface area contributed by atoms with Crippen LogP contribution >= 0.6 is 0 Å². The molecule has 0 saturated heterocycles. The van der Waals surface area contributed by atoms with Crippen LogP contribution in [0.2, 0.25) is 0 Å². The number of halogens is 3. The molecule has 27 heavy (non-hydrogen) atoms. The van der Waals surface area contributed by atoms with Gasteiger partial charge in [0.2, 0.25) is 0 Å². The lowest BCUT2D eigenvalue weighted by molar-refractivity contribution is -0.137. The van der Waals surface area contributed by atoms with Crippen LogP contribution < -0.4 is 10.1 Å². The summed E-state index contributed by atoms with van der Waals surface area (Å²) in [4.78, 5) is 12.0. The number of benzene rings is 2. The molecule has 0 aliphatic rings. The first-order valence-electron chi connectivity index (χ1n) is 8.66. The average Bonchev–Trinajstić information content (AvgIpc) is 2.59. The third kappa shape index (κ3) is 6.01. The molecule has 0 fully saturated rings. The predicted octanol–water partition coefficient (Wildman–Crippen LogP) is 5.26. The molecular weight excluding hydrogens is 355 g/mol. The molecule has 0 aliphatic heterocycles. The van der Waals surface area contributed by atoms with Crippen molar-refractivity contribution in [2.24, 2.45) is 0 Å². The zero-order valence-corrected chi connectivity index (χ0v) is 15.9. The molecule has 0 bridgehead atoms. The van der Waals surface area contributed by atoms with Gasteiger partial charge in [-0.25, -0.2) is 0 Å². The molecule has 0 spiro atoms. The Labute approximate surface area is 157 Å². The number of hydrogen-bond donors (Lipinski definition) is 1. The van der Waals surface area contributed by atoms with Crippen LogP contribution in [0.25, 0.3) is 0 Å². The van der Waals surface area contributed by atoms with Crippen LogP contribution in [0.4, 0.5) is 13.2 Å². The lowest BCUT2D eigenvalue weighted by Gasteiger charge is -2.20. The summed E-state index contributed by atoms with van der Waals surface area (Å²) in [5.74, 6) is -0.401. The summed E-state index contributed by atoms with van der Waals surface area (Å²) in [6, 6.07) is 12.2. The maximum atomic E-state index is 12.7.